The van der Waals surface area contributed by atoms with E-state index in [0.29, 0.717) is 0 Å². The first kappa shape index (κ1) is 16.7. The molecule has 0 aliphatic rings. The van der Waals surface area contributed by atoms with Crippen LogP contribution in [0.1, 0.15) is 20.8 Å². The number of rotatable bonds is 3. The van der Waals surface area contributed by atoms with Gasteiger partial charge in [0, 0.05) is 29.6 Å². The molecule has 0 amide bonds. The zero-order valence-corrected chi connectivity index (χ0v) is 9.79. The minimum absolute atomic E-state index is 0. The molecule has 1 nitrogen and oxygen atoms in total. The Labute approximate surface area is 86.9 Å². The molecule has 0 heterocycles. The molecule has 0 rings (SSSR count). The Bertz CT molecular complexity index is 34.5. The summed E-state index contributed by atoms with van der Waals surface area (Å²) in [5.74, 6) is 0. The van der Waals surface area contributed by atoms with E-state index in [1.54, 1.807) is 0 Å². The van der Waals surface area contributed by atoms with Crippen LogP contribution in [0.2, 0.25) is 0 Å². The van der Waals surface area contributed by atoms with Crippen LogP contribution in [0.3, 0.4) is 0 Å². The smallest absolute Gasteiger partial charge is 0 e. The van der Waals surface area contributed by atoms with E-state index >= 15 is 0 Å². The van der Waals surface area contributed by atoms with E-state index in [2.05, 4.69) is 25.7 Å². The number of nitrogens with zero attached hydrogens (tertiary/aromatic N) is 1. The molecule has 0 fully saturated rings. The molecule has 0 atom stereocenters. The molecule has 0 aromatic heterocycles. The molecule has 0 aliphatic carbocycles. The second kappa shape index (κ2) is 12.0. The molecule has 53 valence electrons. The standard InChI is InChI=1S/C6H15N.ClH.Na/c1-4-7(5-2)6-3;;/h4-6H2,1-3H3;1H;. The Kier molecular flexibility index (Phi) is 22.2. The maximum atomic E-state index is 2.38. The summed E-state index contributed by atoms with van der Waals surface area (Å²) in [6.07, 6.45) is 0. The van der Waals surface area contributed by atoms with Gasteiger partial charge in [0.1, 0.15) is 0 Å². The van der Waals surface area contributed by atoms with Crippen LogP contribution >= 0.6 is 12.4 Å². The van der Waals surface area contributed by atoms with Gasteiger partial charge in [-0.25, -0.2) is 0 Å². The fourth-order valence-electron chi connectivity index (χ4n) is 0.671. The Morgan fingerprint density at radius 2 is 1.11 bits per heavy atom. The van der Waals surface area contributed by atoms with E-state index < -0.39 is 0 Å². The Balaban J connectivity index is -0.000000180. The molecule has 0 N–H and O–H groups in total. The van der Waals surface area contributed by atoms with Crippen molar-refractivity contribution in [1.82, 2.24) is 4.90 Å². The summed E-state index contributed by atoms with van der Waals surface area (Å²) in [4.78, 5) is 2.38. The third-order valence-electron chi connectivity index (χ3n) is 1.34. The van der Waals surface area contributed by atoms with E-state index in [4.69, 9.17) is 0 Å². The maximum absolute atomic E-state index is 2.38. The van der Waals surface area contributed by atoms with E-state index in [1.165, 1.54) is 19.6 Å². The topological polar surface area (TPSA) is 3.24 Å². The molecule has 0 saturated carbocycles. The molecule has 0 aromatic rings. The molecule has 0 saturated heterocycles. The summed E-state index contributed by atoms with van der Waals surface area (Å²) < 4.78 is 0. The Hall–Kier alpha value is 1.25. The molecular weight excluding hydrogens is 145 g/mol. The van der Waals surface area contributed by atoms with Gasteiger partial charge in [-0.15, -0.1) is 12.4 Å². The van der Waals surface area contributed by atoms with Crippen molar-refractivity contribution in [3.63, 3.8) is 0 Å². The van der Waals surface area contributed by atoms with Crippen molar-refractivity contribution in [3.8, 4) is 0 Å². The van der Waals surface area contributed by atoms with Gasteiger partial charge >= 0.3 is 0 Å². The van der Waals surface area contributed by atoms with Crippen LogP contribution in [0, 0.1) is 0 Å². The molecule has 0 aromatic carbocycles. The van der Waals surface area contributed by atoms with Crippen LogP contribution in [-0.4, -0.2) is 54.1 Å². The predicted molar refractivity (Wildman–Crippen MR) is 46.5 cm³/mol. The van der Waals surface area contributed by atoms with Crippen LogP contribution in [0.25, 0.3) is 0 Å². The summed E-state index contributed by atoms with van der Waals surface area (Å²) in [5.41, 5.74) is 0. The Morgan fingerprint density at radius 1 is 0.889 bits per heavy atom. The maximum Gasteiger partial charge on any atom is 0 e. The van der Waals surface area contributed by atoms with Crippen LogP contribution < -0.4 is 0 Å². The van der Waals surface area contributed by atoms with E-state index in [1.807, 2.05) is 0 Å². The van der Waals surface area contributed by atoms with Gasteiger partial charge in [-0.2, -0.15) is 0 Å². The van der Waals surface area contributed by atoms with Crippen LogP contribution in [0.5, 0.6) is 0 Å². The van der Waals surface area contributed by atoms with Crippen molar-refractivity contribution in [2.45, 2.75) is 20.8 Å². The third kappa shape index (κ3) is 9.25. The number of hydrogen-bond acceptors (Lipinski definition) is 1. The van der Waals surface area contributed by atoms with Gasteiger partial charge in [-0.1, -0.05) is 20.8 Å². The number of hydrogen-bond donors (Lipinski definition) is 0. The Morgan fingerprint density at radius 3 is 1.11 bits per heavy atom. The molecule has 0 spiro atoms. The average Bonchev–Trinajstić information content (AvgIpc) is 1.72. The molecule has 1 radical (unpaired) electrons. The predicted octanol–water partition coefficient (Wildman–Crippen LogP) is 1.39. The minimum Gasteiger partial charge on any atom is -0.304 e. The first-order chi connectivity index (χ1) is 3.35. The molecule has 9 heavy (non-hydrogen) atoms. The van der Waals surface area contributed by atoms with Crippen molar-refractivity contribution in [2.75, 3.05) is 19.6 Å². The first-order valence-corrected chi connectivity index (χ1v) is 3.07. The van der Waals surface area contributed by atoms with Gasteiger partial charge in [-0.05, 0) is 19.6 Å². The summed E-state index contributed by atoms with van der Waals surface area (Å²) in [5, 5.41) is 0. The van der Waals surface area contributed by atoms with Crippen molar-refractivity contribution >= 4 is 42.0 Å². The SMILES string of the molecule is CCN(CC)CC.Cl.[Na]. The molecular formula is C6H16ClNNa. The van der Waals surface area contributed by atoms with Crippen molar-refractivity contribution < 1.29 is 0 Å². The summed E-state index contributed by atoms with van der Waals surface area (Å²) >= 11 is 0. The second-order valence-electron chi connectivity index (χ2n) is 1.62. The van der Waals surface area contributed by atoms with Crippen LogP contribution in [-0.2, 0) is 0 Å². The summed E-state index contributed by atoms with van der Waals surface area (Å²) in [6.45, 7) is 10.1. The quantitative estimate of drug-likeness (QED) is 0.564. The van der Waals surface area contributed by atoms with Gasteiger partial charge in [0.2, 0.25) is 0 Å². The molecule has 0 aliphatic heterocycles. The van der Waals surface area contributed by atoms with E-state index in [0.717, 1.165) is 0 Å². The van der Waals surface area contributed by atoms with Crippen LogP contribution in [0.4, 0.5) is 0 Å². The zero-order valence-electron chi connectivity index (χ0n) is 6.98. The third-order valence-corrected chi connectivity index (χ3v) is 1.34. The van der Waals surface area contributed by atoms with Gasteiger partial charge in [0.05, 0.1) is 0 Å². The van der Waals surface area contributed by atoms with Crippen molar-refractivity contribution in [2.24, 2.45) is 0 Å². The van der Waals surface area contributed by atoms with Crippen LogP contribution in [0.15, 0.2) is 0 Å². The molecule has 0 unspecified atom stereocenters. The van der Waals surface area contributed by atoms with E-state index in [-0.39, 0.29) is 42.0 Å². The fraction of sp³-hybridized carbons (Fsp3) is 1.00. The van der Waals surface area contributed by atoms with Crippen molar-refractivity contribution in [1.29, 1.82) is 0 Å². The molecule has 3 heteroatoms. The average molecular weight is 161 g/mol. The fourth-order valence-corrected chi connectivity index (χ4v) is 0.671. The first-order valence-electron chi connectivity index (χ1n) is 3.07. The van der Waals surface area contributed by atoms with E-state index in [9.17, 15) is 0 Å². The zero-order chi connectivity index (χ0) is 5.70. The largest absolute Gasteiger partial charge is 0.304 e. The summed E-state index contributed by atoms with van der Waals surface area (Å²) in [6, 6.07) is 0. The van der Waals surface area contributed by atoms with Gasteiger partial charge < -0.3 is 4.90 Å². The van der Waals surface area contributed by atoms with Gasteiger partial charge in [0.15, 0.2) is 0 Å². The number of halogens is 1. The second-order valence-corrected chi connectivity index (χ2v) is 1.62. The summed E-state index contributed by atoms with van der Waals surface area (Å²) in [7, 11) is 0. The van der Waals surface area contributed by atoms with Crippen molar-refractivity contribution in [3.05, 3.63) is 0 Å². The minimum atomic E-state index is 0. The molecule has 0 bridgehead atoms. The van der Waals surface area contributed by atoms with Gasteiger partial charge in [0.25, 0.3) is 0 Å². The normalized spacial score (nSPS) is 8.00. The monoisotopic (exact) mass is 160 g/mol. The van der Waals surface area contributed by atoms with Gasteiger partial charge in [-0.3, -0.25) is 0 Å².